The van der Waals surface area contributed by atoms with Crippen LogP contribution in [0.25, 0.3) is 0 Å². The van der Waals surface area contributed by atoms with Gasteiger partial charge in [-0.15, -0.1) is 11.3 Å². The molecule has 2 atom stereocenters. The van der Waals surface area contributed by atoms with Gasteiger partial charge in [-0.05, 0) is 39.5 Å². The fourth-order valence-electron chi connectivity index (χ4n) is 2.68. The van der Waals surface area contributed by atoms with Gasteiger partial charge in [0.15, 0.2) is 0 Å². The summed E-state index contributed by atoms with van der Waals surface area (Å²) in [7, 11) is 0. The molecular formula is C13H18F3NOS. The normalized spacial score (nSPS) is 28.6. The lowest BCUT2D eigenvalue weighted by Crippen LogP contribution is -2.41. The second kappa shape index (κ2) is 5.05. The Bertz CT molecular complexity index is 438. The van der Waals surface area contributed by atoms with E-state index < -0.39 is 17.7 Å². The SMILES string of the molecule is Cc1nc(CC2(O)CCCC(C(F)(F)F)C2)sc1C. The Morgan fingerprint density at radius 1 is 1.42 bits per heavy atom. The van der Waals surface area contributed by atoms with Crippen molar-refractivity contribution in [1.29, 1.82) is 0 Å². The zero-order chi connectivity index (χ0) is 14.3. The zero-order valence-electron chi connectivity index (χ0n) is 11.0. The summed E-state index contributed by atoms with van der Waals surface area (Å²) in [6, 6.07) is 0. The van der Waals surface area contributed by atoms with Crippen LogP contribution in [0.4, 0.5) is 13.2 Å². The van der Waals surface area contributed by atoms with Crippen LogP contribution in [0.5, 0.6) is 0 Å². The fourth-order valence-corrected chi connectivity index (χ4v) is 3.75. The molecule has 0 amide bonds. The second-order valence-corrected chi connectivity index (χ2v) is 6.77. The van der Waals surface area contributed by atoms with Gasteiger partial charge in [-0.25, -0.2) is 4.98 Å². The summed E-state index contributed by atoms with van der Waals surface area (Å²) >= 11 is 1.46. The molecule has 1 N–H and O–H groups in total. The number of hydrogen-bond acceptors (Lipinski definition) is 3. The molecule has 1 aliphatic rings. The molecule has 0 aromatic carbocycles. The monoisotopic (exact) mass is 293 g/mol. The molecular weight excluding hydrogens is 275 g/mol. The quantitative estimate of drug-likeness (QED) is 0.900. The van der Waals surface area contributed by atoms with E-state index in [0.717, 1.165) is 15.6 Å². The summed E-state index contributed by atoms with van der Waals surface area (Å²) < 4.78 is 38.3. The van der Waals surface area contributed by atoms with Crippen molar-refractivity contribution in [1.82, 2.24) is 4.98 Å². The molecule has 0 radical (unpaired) electrons. The molecule has 0 bridgehead atoms. The molecule has 1 aromatic rings. The van der Waals surface area contributed by atoms with Crippen molar-refractivity contribution in [2.24, 2.45) is 5.92 Å². The first-order valence-electron chi connectivity index (χ1n) is 6.42. The van der Waals surface area contributed by atoms with E-state index in [9.17, 15) is 18.3 Å². The van der Waals surface area contributed by atoms with Crippen molar-refractivity contribution < 1.29 is 18.3 Å². The van der Waals surface area contributed by atoms with Crippen LogP contribution in [0, 0.1) is 19.8 Å². The van der Waals surface area contributed by atoms with Crippen LogP contribution in [0.1, 0.15) is 41.3 Å². The third-order valence-corrected chi connectivity index (χ3v) is 4.91. The fraction of sp³-hybridized carbons (Fsp3) is 0.769. The predicted octanol–water partition coefficient (Wildman–Crippen LogP) is 3.79. The minimum atomic E-state index is -4.21. The highest BCUT2D eigenvalue weighted by Crippen LogP contribution is 2.43. The lowest BCUT2D eigenvalue weighted by atomic mass is 9.76. The number of aryl methyl sites for hydroxylation is 2. The topological polar surface area (TPSA) is 33.1 Å². The van der Waals surface area contributed by atoms with Gasteiger partial charge in [-0.3, -0.25) is 0 Å². The highest BCUT2D eigenvalue weighted by atomic mass is 32.1. The average Bonchev–Trinajstić information content (AvgIpc) is 2.55. The summed E-state index contributed by atoms with van der Waals surface area (Å²) in [4.78, 5) is 5.37. The highest BCUT2D eigenvalue weighted by Gasteiger charge is 2.47. The number of alkyl halides is 3. The predicted molar refractivity (Wildman–Crippen MR) is 68.3 cm³/mol. The maximum absolute atomic E-state index is 12.8. The van der Waals surface area contributed by atoms with Gasteiger partial charge in [0, 0.05) is 11.3 Å². The van der Waals surface area contributed by atoms with Gasteiger partial charge in [-0.1, -0.05) is 0 Å². The number of aliphatic hydroxyl groups is 1. The van der Waals surface area contributed by atoms with Crippen LogP contribution < -0.4 is 0 Å². The number of aromatic nitrogens is 1. The number of thiazole rings is 1. The minimum absolute atomic E-state index is 0.127. The van der Waals surface area contributed by atoms with Gasteiger partial charge < -0.3 is 5.11 Å². The van der Waals surface area contributed by atoms with Crippen LogP contribution in [0.2, 0.25) is 0 Å². The lowest BCUT2D eigenvalue weighted by molar-refractivity contribution is -0.200. The van der Waals surface area contributed by atoms with E-state index >= 15 is 0 Å². The third kappa shape index (κ3) is 3.48. The Morgan fingerprint density at radius 3 is 2.63 bits per heavy atom. The first kappa shape index (κ1) is 14.8. The summed E-state index contributed by atoms with van der Waals surface area (Å²) in [5, 5.41) is 11.2. The van der Waals surface area contributed by atoms with Gasteiger partial charge in [0.1, 0.15) is 0 Å². The van der Waals surface area contributed by atoms with Crippen LogP contribution >= 0.6 is 11.3 Å². The van der Waals surface area contributed by atoms with Crippen LogP contribution in [0.3, 0.4) is 0 Å². The van der Waals surface area contributed by atoms with E-state index in [2.05, 4.69) is 4.98 Å². The van der Waals surface area contributed by atoms with Crippen molar-refractivity contribution in [3.05, 3.63) is 15.6 Å². The van der Waals surface area contributed by atoms with Crippen LogP contribution in [-0.2, 0) is 6.42 Å². The molecule has 19 heavy (non-hydrogen) atoms. The summed E-state index contributed by atoms with van der Waals surface area (Å²) in [6.45, 7) is 3.80. The molecule has 108 valence electrons. The van der Waals surface area contributed by atoms with E-state index in [4.69, 9.17) is 0 Å². The van der Waals surface area contributed by atoms with E-state index in [0.29, 0.717) is 12.8 Å². The van der Waals surface area contributed by atoms with Crippen molar-refractivity contribution >= 4 is 11.3 Å². The first-order valence-corrected chi connectivity index (χ1v) is 7.23. The van der Waals surface area contributed by atoms with Gasteiger partial charge in [0.05, 0.1) is 22.2 Å². The van der Waals surface area contributed by atoms with E-state index in [-0.39, 0.29) is 19.3 Å². The Labute approximate surface area is 114 Å². The Morgan fingerprint density at radius 2 is 2.11 bits per heavy atom. The molecule has 2 rings (SSSR count). The van der Waals surface area contributed by atoms with Gasteiger partial charge in [0.2, 0.25) is 0 Å². The second-order valence-electron chi connectivity index (χ2n) is 5.49. The van der Waals surface area contributed by atoms with Gasteiger partial charge in [-0.2, -0.15) is 13.2 Å². The van der Waals surface area contributed by atoms with Crippen LogP contribution in [-0.4, -0.2) is 21.9 Å². The van der Waals surface area contributed by atoms with Crippen molar-refractivity contribution in [2.75, 3.05) is 0 Å². The Kier molecular flexibility index (Phi) is 3.93. The molecule has 0 spiro atoms. The number of rotatable bonds is 2. The van der Waals surface area contributed by atoms with E-state index in [1.165, 1.54) is 11.3 Å². The smallest absolute Gasteiger partial charge is 0.389 e. The molecule has 1 aliphatic carbocycles. The molecule has 0 saturated heterocycles. The average molecular weight is 293 g/mol. The van der Waals surface area contributed by atoms with Crippen molar-refractivity contribution in [3.63, 3.8) is 0 Å². The van der Waals surface area contributed by atoms with Crippen molar-refractivity contribution in [2.45, 2.75) is 57.7 Å². The summed E-state index contributed by atoms with van der Waals surface area (Å²) in [6.07, 6.45) is -3.20. The number of hydrogen-bond donors (Lipinski definition) is 1. The molecule has 1 heterocycles. The molecule has 2 nitrogen and oxygen atoms in total. The highest BCUT2D eigenvalue weighted by molar-refractivity contribution is 7.11. The molecule has 0 aliphatic heterocycles. The van der Waals surface area contributed by atoms with Crippen LogP contribution in [0.15, 0.2) is 0 Å². The summed E-state index contributed by atoms with van der Waals surface area (Å²) in [5.74, 6) is -1.38. The standard InChI is InChI=1S/C13H18F3NOS/c1-8-9(2)19-11(17-8)7-12(18)5-3-4-10(6-12)13(14,15)16/h10,18H,3-7H2,1-2H3. The first-order chi connectivity index (χ1) is 8.70. The molecule has 1 aromatic heterocycles. The molecule has 6 heteroatoms. The third-order valence-electron chi connectivity index (χ3n) is 3.84. The lowest BCUT2D eigenvalue weighted by Gasteiger charge is -2.37. The number of halogens is 3. The molecule has 1 fully saturated rings. The maximum atomic E-state index is 12.8. The maximum Gasteiger partial charge on any atom is 0.391 e. The Hall–Kier alpha value is -0.620. The molecule has 2 unspecified atom stereocenters. The van der Waals surface area contributed by atoms with E-state index in [1.54, 1.807) is 0 Å². The largest absolute Gasteiger partial charge is 0.391 e. The van der Waals surface area contributed by atoms with Gasteiger partial charge >= 0.3 is 6.18 Å². The Balaban J connectivity index is 2.09. The van der Waals surface area contributed by atoms with Crippen molar-refractivity contribution in [3.8, 4) is 0 Å². The number of nitrogens with zero attached hydrogens (tertiary/aromatic N) is 1. The zero-order valence-corrected chi connectivity index (χ0v) is 11.9. The minimum Gasteiger partial charge on any atom is -0.389 e. The van der Waals surface area contributed by atoms with Gasteiger partial charge in [0.25, 0.3) is 0 Å². The summed E-state index contributed by atoms with van der Waals surface area (Å²) in [5.41, 5.74) is -0.360. The molecule has 1 saturated carbocycles. The van der Waals surface area contributed by atoms with E-state index in [1.807, 2.05) is 13.8 Å².